The molecule has 4 nitrogen and oxygen atoms in total. The Bertz CT molecular complexity index is 1090. The van der Waals surface area contributed by atoms with Crippen molar-refractivity contribution in [3.63, 3.8) is 0 Å². The van der Waals surface area contributed by atoms with Gasteiger partial charge in [0.2, 0.25) is 11.8 Å². The van der Waals surface area contributed by atoms with E-state index in [0.29, 0.717) is 24.5 Å². The molecule has 0 spiro atoms. The molecule has 0 radical (unpaired) electrons. The molecule has 3 rings (SSSR count). The summed E-state index contributed by atoms with van der Waals surface area (Å²) < 4.78 is 0. The maximum absolute atomic E-state index is 13.8. The lowest BCUT2D eigenvalue weighted by atomic mass is 10.00. The normalized spacial score (nSPS) is 11.7. The Hall–Kier alpha value is -3.11. The molecule has 3 aromatic carbocycles. The predicted molar refractivity (Wildman–Crippen MR) is 143 cm³/mol. The van der Waals surface area contributed by atoms with Crippen LogP contribution in [0.1, 0.15) is 47.6 Å². The van der Waals surface area contributed by atoms with E-state index in [1.165, 1.54) is 0 Å². The van der Waals surface area contributed by atoms with E-state index >= 15 is 0 Å². The second-order valence-electron chi connectivity index (χ2n) is 9.17. The summed E-state index contributed by atoms with van der Waals surface area (Å²) >= 11 is 6.09. The van der Waals surface area contributed by atoms with Crippen LogP contribution < -0.4 is 5.32 Å². The largest absolute Gasteiger partial charge is 0.354 e. The summed E-state index contributed by atoms with van der Waals surface area (Å²) in [5.74, 6) is -0.193. The van der Waals surface area contributed by atoms with Gasteiger partial charge in [-0.2, -0.15) is 0 Å². The molecule has 1 N–H and O–H groups in total. The van der Waals surface area contributed by atoms with Crippen LogP contribution in [0.4, 0.5) is 0 Å². The lowest BCUT2D eigenvalue weighted by molar-refractivity contribution is -0.140. The Morgan fingerprint density at radius 2 is 1.54 bits per heavy atom. The van der Waals surface area contributed by atoms with Gasteiger partial charge in [-0.15, -0.1) is 0 Å². The van der Waals surface area contributed by atoms with Crippen molar-refractivity contribution in [2.45, 2.75) is 59.0 Å². The number of aryl methyl sites for hydroxylation is 2. The van der Waals surface area contributed by atoms with Gasteiger partial charge in [-0.1, -0.05) is 96.7 Å². The van der Waals surface area contributed by atoms with Crippen LogP contribution in [0.3, 0.4) is 0 Å². The molecule has 35 heavy (non-hydrogen) atoms. The average molecular weight is 491 g/mol. The Morgan fingerprint density at radius 3 is 2.17 bits per heavy atom. The van der Waals surface area contributed by atoms with E-state index in [2.05, 4.69) is 18.3 Å². The van der Waals surface area contributed by atoms with E-state index in [0.717, 1.165) is 40.7 Å². The minimum Gasteiger partial charge on any atom is -0.354 e. The van der Waals surface area contributed by atoms with E-state index < -0.39 is 6.04 Å². The second-order valence-corrected chi connectivity index (χ2v) is 9.61. The molecule has 0 fully saturated rings. The van der Waals surface area contributed by atoms with Crippen LogP contribution >= 0.6 is 11.6 Å². The maximum Gasteiger partial charge on any atom is 0.243 e. The number of amides is 2. The minimum atomic E-state index is -0.622. The van der Waals surface area contributed by atoms with Crippen LogP contribution in [0.2, 0.25) is 5.02 Å². The number of rotatable bonds is 11. The number of nitrogens with one attached hydrogen (secondary N) is 1. The van der Waals surface area contributed by atoms with Crippen molar-refractivity contribution >= 4 is 23.4 Å². The molecule has 3 aromatic rings. The standard InChI is InChI=1S/C30H35ClN2O2/c1-4-5-15-32-30(35)28(19-24-9-7-6-8-10-24)33(21-25-11-13-27(31)14-12-25)29(34)20-26-17-22(2)16-23(3)18-26/h6-14,16-18,28H,4-5,15,19-21H2,1-3H3,(H,32,35)/t28-/m0/s1. The van der Waals surface area contributed by atoms with E-state index in [9.17, 15) is 9.59 Å². The summed E-state index contributed by atoms with van der Waals surface area (Å²) in [7, 11) is 0. The maximum atomic E-state index is 13.8. The van der Waals surface area contributed by atoms with Crippen molar-refractivity contribution in [2.75, 3.05) is 6.54 Å². The molecule has 0 aliphatic carbocycles. The molecule has 0 aliphatic rings. The van der Waals surface area contributed by atoms with Crippen molar-refractivity contribution in [2.24, 2.45) is 0 Å². The van der Waals surface area contributed by atoms with Gasteiger partial charge in [-0.25, -0.2) is 0 Å². The zero-order valence-electron chi connectivity index (χ0n) is 20.9. The number of nitrogens with zero attached hydrogens (tertiary/aromatic N) is 1. The number of unbranched alkanes of at least 4 members (excludes halogenated alkanes) is 1. The fourth-order valence-corrected chi connectivity index (χ4v) is 4.42. The van der Waals surface area contributed by atoms with Crippen LogP contribution in [0.25, 0.3) is 0 Å². The highest BCUT2D eigenvalue weighted by molar-refractivity contribution is 6.30. The third-order valence-electron chi connectivity index (χ3n) is 6.00. The molecule has 0 heterocycles. The number of halogens is 1. The second kappa shape index (κ2) is 13.1. The van der Waals surface area contributed by atoms with Gasteiger partial charge in [0.15, 0.2) is 0 Å². The molecule has 1 atom stereocenters. The SMILES string of the molecule is CCCCNC(=O)[C@H](Cc1ccccc1)N(Cc1ccc(Cl)cc1)C(=O)Cc1cc(C)cc(C)c1. The van der Waals surface area contributed by atoms with E-state index in [1.54, 1.807) is 4.90 Å². The van der Waals surface area contributed by atoms with Crippen molar-refractivity contribution in [1.82, 2.24) is 10.2 Å². The molecule has 0 aromatic heterocycles. The summed E-state index contributed by atoms with van der Waals surface area (Å²) in [4.78, 5) is 29.0. The molecule has 0 bridgehead atoms. The molecule has 2 amide bonds. The summed E-state index contributed by atoms with van der Waals surface area (Å²) in [6.45, 7) is 7.09. The summed E-state index contributed by atoms with van der Waals surface area (Å²) in [5.41, 5.74) is 5.15. The lowest BCUT2D eigenvalue weighted by Crippen LogP contribution is -2.51. The van der Waals surface area contributed by atoms with Crippen molar-refractivity contribution in [3.8, 4) is 0 Å². The third-order valence-corrected chi connectivity index (χ3v) is 6.26. The van der Waals surface area contributed by atoms with Crippen LogP contribution in [0.15, 0.2) is 72.8 Å². The van der Waals surface area contributed by atoms with Gasteiger partial charge in [0, 0.05) is 24.5 Å². The number of carbonyl (C=O) groups excluding carboxylic acids is 2. The molecule has 0 saturated carbocycles. The van der Waals surface area contributed by atoms with Gasteiger partial charge in [-0.05, 0) is 49.1 Å². The summed E-state index contributed by atoms with van der Waals surface area (Å²) in [6, 6.07) is 22.9. The number of carbonyl (C=O) groups is 2. The van der Waals surface area contributed by atoms with Gasteiger partial charge in [0.25, 0.3) is 0 Å². The number of hydrogen-bond donors (Lipinski definition) is 1. The van der Waals surface area contributed by atoms with Gasteiger partial charge in [-0.3, -0.25) is 9.59 Å². The van der Waals surface area contributed by atoms with Crippen LogP contribution in [-0.4, -0.2) is 29.3 Å². The van der Waals surface area contributed by atoms with Crippen LogP contribution in [0, 0.1) is 13.8 Å². The quantitative estimate of drug-likeness (QED) is 0.332. The Balaban J connectivity index is 1.95. The number of hydrogen-bond acceptors (Lipinski definition) is 2. The summed E-state index contributed by atoms with van der Waals surface area (Å²) in [5, 5.41) is 3.70. The Morgan fingerprint density at radius 1 is 0.886 bits per heavy atom. The van der Waals surface area contributed by atoms with Crippen molar-refractivity contribution < 1.29 is 9.59 Å². The smallest absolute Gasteiger partial charge is 0.243 e. The van der Waals surface area contributed by atoms with Gasteiger partial charge < -0.3 is 10.2 Å². The number of benzene rings is 3. The van der Waals surface area contributed by atoms with Crippen molar-refractivity contribution in [1.29, 1.82) is 0 Å². The zero-order chi connectivity index (χ0) is 25.2. The Kier molecular flexibility index (Phi) is 9.92. The van der Waals surface area contributed by atoms with E-state index in [-0.39, 0.29) is 18.2 Å². The Labute approximate surface area is 214 Å². The monoisotopic (exact) mass is 490 g/mol. The molecule has 0 unspecified atom stereocenters. The highest BCUT2D eigenvalue weighted by Gasteiger charge is 2.30. The van der Waals surface area contributed by atoms with Gasteiger partial charge in [0.1, 0.15) is 6.04 Å². The lowest BCUT2D eigenvalue weighted by Gasteiger charge is -2.32. The molecule has 0 saturated heterocycles. The first kappa shape index (κ1) is 26.5. The minimum absolute atomic E-state index is 0.0727. The van der Waals surface area contributed by atoms with E-state index in [4.69, 9.17) is 11.6 Å². The zero-order valence-corrected chi connectivity index (χ0v) is 21.6. The third kappa shape index (κ3) is 8.25. The topological polar surface area (TPSA) is 49.4 Å². The molecular weight excluding hydrogens is 456 g/mol. The highest BCUT2D eigenvalue weighted by atomic mass is 35.5. The highest BCUT2D eigenvalue weighted by Crippen LogP contribution is 2.19. The van der Waals surface area contributed by atoms with Gasteiger partial charge >= 0.3 is 0 Å². The first-order valence-electron chi connectivity index (χ1n) is 12.3. The van der Waals surface area contributed by atoms with Crippen molar-refractivity contribution in [3.05, 3.63) is 106 Å². The van der Waals surface area contributed by atoms with Crippen LogP contribution in [0.5, 0.6) is 0 Å². The molecular formula is C30H35ClN2O2. The molecule has 5 heteroatoms. The first-order valence-corrected chi connectivity index (χ1v) is 12.7. The van der Waals surface area contributed by atoms with Gasteiger partial charge in [0.05, 0.1) is 6.42 Å². The van der Waals surface area contributed by atoms with Crippen LogP contribution in [-0.2, 0) is 29.0 Å². The average Bonchev–Trinajstić information content (AvgIpc) is 2.82. The van der Waals surface area contributed by atoms with E-state index in [1.807, 2.05) is 80.6 Å². The molecule has 0 aliphatic heterocycles. The summed E-state index contributed by atoms with van der Waals surface area (Å²) in [6.07, 6.45) is 2.58. The molecule has 184 valence electrons. The predicted octanol–water partition coefficient (Wildman–Crippen LogP) is 6.06. The fraction of sp³-hybridized carbons (Fsp3) is 0.333. The first-order chi connectivity index (χ1) is 16.9. The fourth-order valence-electron chi connectivity index (χ4n) is 4.29.